The molecule has 0 radical (unpaired) electrons. The van der Waals surface area contributed by atoms with E-state index in [1.54, 1.807) is 42.1 Å². The standard InChI is InChI=1S/C31H33N5O3S/c1-22(35(2)19-25-15-9-8-14-24(25)18-32)29-28(33-21-36-16-10-5-11-17-36)26(20-40-29)30(37)34-27(31(38)39-3)23-12-6-4-7-13-23/h4,6-9,12-15,20-21,27H,1,5,10-11,16-17,19H2,2-3H3,(H,34,37)/b33-21+. The van der Waals surface area contributed by atoms with Crippen LogP contribution >= 0.6 is 11.3 Å². The number of carbonyl (C=O) groups excluding carboxylic acids is 2. The predicted molar refractivity (Wildman–Crippen MR) is 158 cm³/mol. The molecular weight excluding hydrogens is 522 g/mol. The first-order valence-corrected chi connectivity index (χ1v) is 14.0. The van der Waals surface area contributed by atoms with Gasteiger partial charge in [0.2, 0.25) is 0 Å². The van der Waals surface area contributed by atoms with Gasteiger partial charge in [0.25, 0.3) is 5.91 Å². The second kappa shape index (κ2) is 13.6. The number of piperidine rings is 1. The third-order valence-electron chi connectivity index (χ3n) is 6.86. The summed E-state index contributed by atoms with van der Waals surface area (Å²) in [5.41, 5.74) is 3.63. The lowest BCUT2D eigenvalue weighted by Gasteiger charge is -2.24. The number of esters is 1. The third-order valence-corrected chi connectivity index (χ3v) is 7.88. The minimum atomic E-state index is -0.964. The summed E-state index contributed by atoms with van der Waals surface area (Å²) in [6.45, 7) is 6.61. The lowest BCUT2D eigenvalue weighted by molar-refractivity contribution is -0.143. The maximum atomic E-state index is 13.6. The van der Waals surface area contributed by atoms with Gasteiger partial charge in [-0.3, -0.25) is 4.79 Å². The van der Waals surface area contributed by atoms with Crippen LogP contribution in [0.3, 0.4) is 0 Å². The van der Waals surface area contributed by atoms with Gasteiger partial charge in [-0.15, -0.1) is 11.3 Å². The van der Waals surface area contributed by atoms with Gasteiger partial charge < -0.3 is 19.9 Å². The van der Waals surface area contributed by atoms with Crippen molar-refractivity contribution in [2.45, 2.75) is 31.8 Å². The van der Waals surface area contributed by atoms with Gasteiger partial charge in [0.1, 0.15) is 0 Å². The molecule has 1 unspecified atom stereocenters. The highest BCUT2D eigenvalue weighted by molar-refractivity contribution is 7.12. The van der Waals surface area contributed by atoms with Crippen molar-refractivity contribution in [3.63, 3.8) is 0 Å². The Morgan fingerprint density at radius 2 is 1.88 bits per heavy atom. The molecule has 0 saturated carbocycles. The van der Waals surface area contributed by atoms with Gasteiger partial charge >= 0.3 is 5.97 Å². The zero-order valence-electron chi connectivity index (χ0n) is 22.8. The number of carbonyl (C=O) groups is 2. The van der Waals surface area contributed by atoms with Crippen molar-refractivity contribution in [2.24, 2.45) is 4.99 Å². The van der Waals surface area contributed by atoms with Crippen LogP contribution in [0.1, 0.15) is 57.2 Å². The Morgan fingerprint density at radius 3 is 2.58 bits per heavy atom. The molecule has 1 aliphatic rings. The van der Waals surface area contributed by atoms with Crippen LogP contribution in [0.5, 0.6) is 0 Å². The summed E-state index contributed by atoms with van der Waals surface area (Å²) < 4.78 is 4.98. The predicted octanol–water partition coefficient (Wildman–Crippen LogP) is 5.51. The van der Waals surface area contributed by atoms with Gasteiger partial charge in [0, 0.05) is 37.8 Å². The van der Waals surface area contributed by atoms with E-state index in [9.17, 15) is 14.9 Å². The van der Waals surface area contributed by atoms with E-state index in [2.05, 4.69) is 22.9 Å². The Morgan fingerprint density at radius 1 is 1.18 bits per heavy atom. The fraction of sp³-hybridized carbons (Fsp3) is 0.290. The Bertz CT molecular complexity index is 1420. The molecule has 1 atom stereocenters. The van der Waals surface area contributed by atoms with Crippen LogP contribution in [0.25, 0.3) is 5.70 Å². The molecule has 9 heteroatoms. The van der Waals surface area contributed by atoms with E-state index in [1.807, 2.05) is 36.2 Å². The van der Waals surface area contributed by atoms with Crippen LogP contribution in [0.2, 0.25) is 0 Å². The van der Waals surface area contributed by atoms with E-state index in [4.69, 9.17) is 9.73 Å². The van der Waals surface area contributed by atoms with Crippen LogP contribution in [0.4, 0.5) is 5.69 Å². The molecule has 8 nitrogen and oxygen atoms in total. The number of ether oxygens (including phenoxy) is 1. The first-order valence-electron chi connectivity index (χ1n) is 13.1. The number of hydrogen-bond donors (Lipinski definition) is 1. The first-order chi connectivity index (χ1) is 19.4. The number of methoxy groups -OCH3 is 1. The number of thiophene rings is 1. The smallest absolute Gasteiger partial charge is 0.333 e. The van der Waals surface area contributed by atoms with Gasteiger partial charge in [-0.05, 0) is 36.5 Å². The molecule has 1 amide bonds. The maximum Gasteiger partial charge on any atom is 0.333 e. The van der Waals surface area contributed by atoms with Crippen molar-refractivity contribution < 1.29 is 14.3 Å². The summed E-state index contributed by atoms with van der Waals surface area (Å²) in [5.74, 6) is -0.994. The molecule has 1 saturated heterocycles. The van der Waals surface area contributed by atoms with Crippen LogP contribution in [0, 0.1) is 11.3 Å². The van der Waals surface area contributed by atoms with Gasteiger partial charge in [0.05, 0.1) is 41.2 Å². The van der Waals surface area contributed by atoms with Crippen molar-refractivity contribution in [3.8, 4) is 6.07 Å². The Balaban J connectivity index is 1.65. The molecule has 2 aromatic carbocycles. The van der Waals surface area contributed by atoms with Crippen molar-refractivity contribution in [1.82, 2.24) is 15.1 Å². The van der Waals surface area contributed by atoms with E-state index in [0.29, 0.717) is 34.6 Å². The second-order valence-corrected chi connectivity index (χ2v) is 10.5. The van der Waals surface area contributed by atoms with E-state index in [-0.39, 0.29) is 0 Å². The summed E-state index contributed by atoms with van der Waals surface area (Å²) in [6.07, 6.45) is 5.19. The summed E-state index contributed by atoms with van der Waals surface area (Å²) in [4.78, 5) is 35.9. The number of hydrogen-bond acceptors (Lipinski definition) is 7. The first kappa shape index (κ1) is 28.6. The highest BCUT2D eigenvalue weighted by atomic mass is 32.1. The molecule has 1 aliphatic heterocycles. The third kappa shape index (κ3) is 6.77. The molecule has 1 N–H and O–H groups in total. The van der Waals surface area contributed by atoms with Crippen LogP contribution in [-0.2, 0) is 16.1 Å². The summed E-state index contributed by atoms with van der Waals surface area (Å²) >= 11 is 1.37. The normalized spacial score (nSPS) is 13.9. The van der Waals surface area contributed by atoms with E-state index >= 15 is 0 Å². The van der Waals surface area contributed by atoms with Crippen molar-refractivity contribution >= 4 is 40.9 Å². The molecular formula is C31H33N5O3S. The lowest BCUT2D eigenvalue weighted by Crippen LogP contribution is -2.34. The molecule has 4 rings (SSSR count). The van der Waals surface area contributed by atoms with Gasteiger partial charge in [0.15, 0.2) is 6.04 Å². The molecule has 1 fully saturated rings. The average molecular weight is 556 g/mol. The molecule has 3 aromatic rings. The van der Waals surface area contributed by atoms with E-state index < -0.39 is 17.9 Å². The Hall–Kier alpha value is -4.42. The highest BCUT2D eigenvalue weighted by Gasteiger charge is 2.27. The van der Waals surface area contributed by atoms with Gasteiger partial charge in [-0.25, -0.2) is 9.79 Å². The van der Waals surface area contributed by atoms with Crippen LogP contribution in [-0.4, -0.2) is 55.3 Å². The largest absolute Gasteiger partial charge is 0.467 e. The van der Waals surface area contributed by atoms with Crippen LogP contribution in [0.15, 0.2) is 71.5 Å². The fourth-order valence-corrected chi connectivity index (χ4v) is 5.58. The molecule has 0 aliphatic carbocycles. The second-order valence-electron chi connectivity index (χ2n) is 9.58. The number of aliphatic imine (C=N–C) groups is 1. The topological polar surface area (TPSA) is 98.0 Å². The lowest BCUT2D eigenvalue weighted by atomic mass is 10.1. The van der Waals surface area contributed by atoms with E-state index in [1.165, 1.54) is 24.9 Å². The number of nitrogens with one attached hydrogen (secondary N) is 1. The Labute approximate surface area is 239 Å². The van der Waals surface area contributed by atoms with Crippen molar-refractivity contribution in [2.75, 3.05) is 27.2 Å². The molecule has 0 spiro atoms. The zero-order chi connectivity index (χ0) is 28.5. The summed E-state index contributed by atoms with van der Waals surface area (Å²) in [5, 5.41) is 14.1. The zero-order valence-corrected chi connectivity index (χ0v) is 23.6. The van der Waals surface area contributed by atoms with E-state index in [0.717, 1.165) is 36.4 Å². The number of rotatable bonds is 10. The SMILES string of the molecule is C=C(c1scc(C(=O)NC(C(=O)OC)c2ccccc2)c1/N=C/N1CCCCC1)N(C)Cc1ccccc1C#N. The summed E-state index contributed by atoms with van der Waals surface area (Å²) in [6, 6.07) is 17.7. The van der Waals surface area contributed by atoms with Crippen molar-refractivity contribution in [3.05, 3.63) is 93.7 Å². The highest BCUT2D eigenvalue weighted by Crippen LogP contribution is 2.38. The molecule has 206 valence electrons. The number of likely N-dealkylation sites (tertiary alicyclic amines) is 1. The summed E-state index contributed by atoms with van der Waals surface area (Å²) in [7, 11) is 3.20. The number of nitrogens with zero attached hydrogens (tertiary/aromatic N) is 4. The van der Waals surface area contributed by atoms with Gasteiger partial charge in [-0.1, -0.05) is 55.1 Å². The minimum absolute atomic E-state index is 0.352. The quantitative estimate of drug-likeness (QED) is 0.201. The molecule has 1 aromatic heterocycles. The van der Waals surface area contributed by atoms with Crippen LogP contribution < -0.4 is 5.32 Å². The number of nitriles is 1. The fourth-order valence-electron chi connectivity index (χ4n) is 4.56. The van der Waals surface area contributed by atoms with Crippen molar-refractivity contribution in [1.29, 1.82) is 5.26 Å². The molecule has 40 heavy (non-hydrogen) atoms. The number of benzene rings is 2. The van der Waals surface area contributed by atoms with Gasteiger partial charge in [-0.2, -0.15) is 5.26 Å². The maximum absolute atomic E-state index is 13.6. The monoisotopic (exact) mass is 555 g/mol. The minimum Gasteiger partial charge on any atom is -0.467 e. The molecule has 2 heterocycles. The Kier molecular flexibility index (Phi) is 9.71. The molecule has 0 bridgehead atoms. The average Bonchev–Trinajstić information content (AvgIpc) is 3.43. The number of amides is 1.